The second-order valence-corrected chi connectivity index (χ2v) is 8.41. The van der Waals surface area contributed by atoms with Crippen molar-refractivity contribution in [3.8, 4) is 6.07 Å². The standard InChI is InChI=1S/C15H12N4O2S2/c16-6-10-7-17-14-11(10)2-1-3-12(14)19-23(20,21)13-8-18-15(22-13)9-4-5-9/h1-3,7-9,17,19H,4-5H2. The van der Waals surface area contributed by atoms with Crippen LogP contribution in [-0.4, -0.2) is 18.4 Å². The molecule has 23 heavy (non-hydrogen) atoms. The van der Waals surface area contributed by atoms with E-state index in [9.17, 15) is 8.42 Å². The number of nitriles is 1. The molecule has 0 spiro atoms. The number of nitrogens with zero attached hydrogens (tertiary/aromatic N) is 2. The van der Waals surface area contributed by atoms with Gasteiger partial charge in [0.15, 0.2) is 4.21 Å². The second-order valence-electron chi connectivity index (χ2n) is 5.44. The molecule has 0 radical (unpaired) electrons. The van der Waals surface area contributed by atoms with Gasteiger partial charge in [0.05, 0.1) is 28.0 Å². The Kier molecular flexibility index (Phi) is 3.14. The van der Waals surface area contributed by atoms with Gasteiger partial charge in [-0.3, -0.25) is 4.72 Å². The molecule has 0 unspecified atom stereocenters. The summed E-state index contributed by atoms with van der Waals surface area (Å²) < 4.78 is 27.9. The number of anilines is 1. The number of aromatic nitrogens is 2. The molecule has 0 amide bonds. The first-order valence-corrected chi connectivity index (χ1v) is 9.37. The predicted molar refractivity (Wildman–Crippen MR) is 87.9 cm³/mol. The summed E-state index contributed by atoms with van der Waals surface area (Å²) in [5, 5.41) is 10.6. The fourth-order valence-corrected chi connectivity index (χ4v) is 4.83. The zero-order valence-electron chi connectivity index (χ0n) is 11.9. The number of H-pyrrole nitrogens is 1. The van der Waals surface area contributed by atoms with Gasteiger partial charge in [-0.15, -0.1) is 11.3 Å². The highest BCUT2D eigenvalue weighted by Gasteiger charge is 2.29. The van der Waals surface area contributed by atoms with Crippen molar-refractivity contribution in [2.45, 2.75) is 23.0 Å². The van der Waals surface area contributed by atoms with Gasteiger partial charge < -0.3 is 4.98 Å². The van der Waals surface area contributed by atoms with E-state index >= 15 is 0 Å². The Labute approximate surface area is 136 Å². The SMILES string of the molecule is N#Cc1c[nH]c2c(NS(=O)(=O)c3cnc(C4CC4)s3)cccc12. The molecule has 2 N–H and O–H groups in total. The summed E-state index contributed by atoms with van der Waals surface area (Å²) in [7, 11) is -3.68. The van der Waals surface area contributed by atoms with Crippen molar-refractivity contribution in [2.24, 2.45) is 0 Å². The number of aromatic amines is 1. The van der Waals surface area contributed by atoms with Gasteiger partial charge in [-0.05, 0) is 18.9 Å². The normalized spacial score (nSPS) is 14.7. The molecule has 4 rings (SSSR count). The van der Waals surface area contributed by atoms with Crippen LogP contribution in [0, 0.1) is 11.3 Å². The molecule has 8 heteroatoms. The van der Waals surface area contributed by atoms with Crippen molar-refractivity contribution >= 4 is 38.0 Å². The summed E-state index contributed by atoms with van der Waals surface area (Å²) in [5.41, 5.74) is 1.50. The van der Waals surface area contributed by atoms with E-state index in [2.05, 4.69) is 20.8 Å². The average Bonchev–Trinajstić information content (AvgIpc) is 3.10. The highest BCUT2D eigenvalue weighted by atomic mass is 32.2. The van der Waals surface area contributed by atoms with E-state index < -0.39 is 10.0 Å². The lowest BCUT2D eigenvalue weighted by Crippen LogP contribution is -2.11. The van der Waals surface area contributed by atoms with Crippen LogP contribution in [0.15, 0.2) is 34.8 Å². The quantitative estimate of drug-likeness (QED) is 0.759. The van der Waals surface area contributed by atoms with E-state index in [1.165, 1.54) is 17.5 Å². The van der Waals surface area contributed by atoms with Crippen LogP contribution in [0.1, 0.15) is 29.3 Å². The van der Waals surface area contributed by atoms with E-state index in [4.69, 9.17) is 5.26 Å². The average molecular weight is 344 g/mol. The molecule has 1 aliphatic carbocycles. The number of hydrogen-bond donors (Lipinski definition) is 2. The Morgan fingerprint density at radius 3 is 2.96 bits per heavy atom. The molecule has 0 atom stereocenters. The Balaban J connectivity index is 1.71. The fraction of sp³-hybridized carbons (Fsp3) is 0.200. The van der Waals surface area contributed by atoms with Crippen LogP contribution in [0.4, 0.5) is 5.69 Å². The third-order valence-electron chi connectivity index (χ3n) is 3.77. The van der Waals surface area contributed by atoms with Crippen LogP contribution in [0.25, 0.3) is 10.9 Å². The summed E-state index contributed by atoms with van der Waals surface area (Å²) in [5.74, 6) is 0.425. The molecule has 1 saturated carbocycles. The van der Waals surface area contributed by atoms with Crippen LogP contribution < -0.4 is 4.72 Å². The first-order valence-electron chi connectivity index (χ1n) is 7.07. The van der Waals surface area contributed by atoms with E-state index in [0.29, 0.717) is 28.1 Å². The Hall–Kier alpha value is -2.37. The van der Waals surface area contributed by atoms with Crippen LogP contribution in [0.5, 0.6) is 0 Å². The zero-order chi connectivity index (χ0) is 16.0. The molecule has 6 nitrogen and oxygen atoms in total. The van der Waals surface area contributed by atoms with Gasteiger partial charge in [-0.2, -0.15) is 5.26 Å². The molecule has 0 saturated heterocycles. The smallest absolute Gasteiger partial charge is 0.273 e. The van der Waals surface area contributed by atoms with Gasteiger partial charge in [0, 0.05) is 17.5 Å². The van der Waals surface area contributed by atoms with Gasteiger partial charge in [0.1, 0.15) is 6.07 Å². The summed E-state index contributed by atoms with van der Waals surface area (Å²) in [4.78, 5) is 7.17. The number of benzene rings is 1. The zero-order valence-corrected chi connectivity index (χ0v) is 13.5. The Bertz CT molecular complexity index is 1040. The van der Waals surface area contributed by atoms with Gasteiger partial charge in [0.2, 0.25) is 0 Å². The summed E-state index contributed by atoms with van der Waals surface area (Å²) >= 11 is 1.22. The second kappa shape index (κ2) is 5.08. The largest absolute Gasteiger partial charge is 0.358 e. The maximum atomic E-state index is 12.6. The lowest BCUT2D eigenvalue weighted by Gasteiger charge is -2.07. The lowest BCUT2D eigenvalue weighted by molar-refractivity contribution is 0.603. The topological polar surface area (TPSA) is 98.6 Å². The molecular weight excluding hydrogens is 332 g/mol. The number of sulfonamides is 1. The van der Waals surface area contributed by atoms with Crippen LogP contribution in [0.2, 0.25) is 0 Å². The third-order valence-corrected chi connectivity index (χ3v) is 6.76. The molecule has 1 aliphatic rings. The van der Waals surface area contributed by atoms with E-state index in [1.807, 2.05) is 0 Å². The van der Waals surface area contributed by atoms with Gasteiger partial charge in [-0.25, -0.2) is 13.4 Å². The maximum Gasteiger partial charge on any atom is 0.273 e. The monoisotopic (exact) mass is 344 g/mol. The third kappa shape index (κ3) is 2.48. The lowest BCUT2D eigenvalue weighted by atomic mass is 10.2. The van der Waals surface area contributed by atoms with E-state index in [1.54, 1.807) is 24.4 Å². The first kappa shape index (κ1) is 14.2. The Morgan fingerprint density at radius 2 is 2.22 bits per heavy atom. The summed E-state index contributed by atoms with van der Waals surface area (Å²) in [6.45, 7) is 0. The number of thiazole rings is 1. The minimum Gasteiger partial charge on any atom is -0.358 e. The molecule has 2 aromatic heterocycles. The molecule has 1 fully saturated rings. The molecular formula is C15H12N4O2S2. The molecule has 116 valence electrons. The number of fused-ring (bicyclic) bond motifs is 1. The molecule has 0 bridgehead atoms. The minimum atomic E-state index is -3.68. The van der Waals surface area contributed by atoms with Crippen molar-refractivity contribution in [1.82, 2.24) is 9.97 Å². The maximum absolute atomic E-state index is 12.6. The molecule has 1 aromatic carbocycles. The summed E-state index contributed by atoms with van der Waals surface area (Å²) in [6.07, 6.45) is 5.15. The van der Waals surface area contributed by atoms with Crippen molar-refractivity contribution in [3.63, 3.8) is 0 Å². The molecule has 0 aliphatic heterocycles. The minimum absolute atomic E-state index is 0.212. The highest BCUT2D eigenvalue weighted by molar-refractivity contribution is 7.94. The van der Waals surface area contributed by atoms with Crippen molar-refractivity contribution in [3.05, 3.63) is 41.2 Å². The number of para-hydroxylation sites is 1. The van der Waals surface area contributed by atoms with Crippen LogP contribution in [-0.2, 0) is 10.0 Å². The van der Waals surface area contributed by atoms with Crippen LogP contribution >= 0.6 is 11.3 Å². The van der Waals surface area contributed by atoms with Gasteiger partial charge in [-0.1, -0.05) is 12.1 Å². The van der Waals surface area contributed by atoms with E-state index in [-0.39, 0.29) is 4.21 Å². The van der Waals surface area contributed by atoms with Crippen molar-refractivity contribution in [1.29, 1.82) is 5.26 Å². The van der Waals surface area contributed by atoms with Crippen LogP contribution in [0.3, 0.4) is 0 Å². The predicted octanol–water partition coefficient (Wildman–Crippen LogP) is 3.17. The Morgan fingerprint density at radius 1 is 1.39 bits per heavy atom. The molecule has 2 heterocycles. The van der Waals surface area contributed by atoms with Gasteiger partial charge in [0.25, 0.3) is 10.0 Å². The molecule has 3 aromatic rings. The number of hydrogen-bond acceptors (Lipinski definition) is 5. The van der Waals surface area contributed by atoms with Crippen molar-refractivity contribution < 1.29 is 8.42 Å². The van der Waals surface area contributed by atoms with Gasteiger partial charge >= 0.3 is 0 Å². The first-order chi connectivity index (χ1) is 11.1. The van der Waals surface area contributed by atoms with E-state index in [0.717, 1.165) is 17.8 Å². The number of nitrogens with one attached hydrogen (secondary N) is 2. The summed E-state index contributed by atoms with van der Waals surface area (Å²) in [6, 6.07) is 7.24. The van der Waals surface area contributed by atoms with Crippen molar-refractivity contribution in [2.75, 3.05) is 4.72 Å². The number of rotatable bonds is 4. The fourth-order valence-electron chi connectivity index (χ4n) is 2.44. The highest BCUT2D eigenvalue weighted by Crippen LogP contribution is 2.42.